The number of carboxylic acid groups (broad SMARTS) is 3. The van der Waals surface area contributed by atoms with E-state index < -0.39 is 91.2 Å². The molecule has 2 rings (SSSR count). The van der Waals surface area contributed by atoms with Crippen molar-refractivity contribution in [2.24, 2.45) is 5.73 Å². The van der Waals surface area contributed by atoms with Crippen LogP contribution in [0.15, 0.2) is 12.5 Å². The molecule has 0 saturated carbocycles. The molecule has 1 aliphatic rings. The summed E-state index contributed by atoms with van der Waals surface area (Å²) in [5.74, 6) is -8.14. The van der Waals surface area contributed by atoms with E-state index in [0.717, 1.165) is 4.90 Å². The fourth-order valence-corrected chi connectivity index (χ4v) is 3.99. The summed E-state index contributed by atoms with van der Waals surface area (Å²) in [4.78, 5) is 92.7. The van der Waals surface area contributed by atoms with E-state index in [-0.39, 0.29) is 19.4 Å². The number of nitrogens with zero attached hydrogens (tertiary/aromatic N) is 2. The number of hydrogen-bond donors (Lipinski definition) is 9. The summed E-state index contributed by atoms with van der Waals surface area (Å²) in [6.07, 6.45) is 1.46. The van der Waals surface area contributed by atoms with E-state index in [4.69, 9.17) is 21.1 Å². The van der Waals surface area contributed by atoms with Crippen LogP contribution in [0, 0.1) is 0 Å². The Bertz CT molecular complexity index is 1110. The number of aliphatic hydroxyl groups excluding tert-OH is 1. The van der Waals surface area contributed by atoms with Crippen LogP contribution in [0.4, 0.5) is 0 Å². The predicted molar refractivity (Wildman–Crippen MR) is 130 cm³/mol. The SMILES string of the molecule is N[C@@H](CC(=O)O)C(=O)N[C@@H](Cc1cnc[nH]1)C(=O)N1CCC[C@H]1C(=O)N[C@@H](CC(=O)O)C(=O)N[C@@H](CO)C(=O)O. The Morgan fingerprint density at radius 1 is 0.975 bits per heavy atom. The molecule has 5 atom stereocenters. The third kappa shape index (κ3) is 9.02. The van der Waals surface area contributed by atoms with E-state index in [1.165, 1.54) is 12.5 Å². The van der Waals surface area contributed by atoms with Crippen molar-refractivity contribution in [2.45, 2.75) is 62.3 Å². The van der Waals surface area contributed by atoms with Crippen LogP contribution >= 0.6 is 0 Å². The Morgan fingerprint density at radius 2 is 1.62 bits per heavy atom. The summed E-state index contributed by atoms with van der Waals surface area (Å²) in [5, 5.41) is 42.8. The number of carbonyl (C=O) groups is 7. The molecule has 0 aliphatic carbocycles. The van der Waals surface area contributed by atoms with Gasteiger partial charge in [-0.05, 0) is 12.8 Å². The molecule has 220 valence electrons. The minimum absolute atomic E-state index is 0.0643. The molecule has 18 heteroatoms. The molecule has 0 bridgehead atoms. The van der Waals surface area contributed by atoms with Gasteiger partial charge in [0.15, 0.2) is 0 Å². The Labute approximate surface area is 226 Å². The van der Waals surface area contributed by atoms with Crippen LogP contribution in [0.2, 0.25) is 0 Å². The maximum Gasteiger partial charge on any atom is 0.328 e. The van der Waals surface area contributed by atoms with Crippen molar-refractivity contribution in [1.82, 2.24) is 30.8 Å². The summed E-state index contributed by atoms with van der Waals surface area (Å²) in [7, 11) is 0. The van der Waals surface area contributed by atoms with Gasteiger partial charge < -0.3 is 52.0 Å². The molecule has 2 heterocycles. The van der Waals surface area contributed by atoms with Gasteiger partial charge in [-0.25, -0.2) is 9.78 Å². The molecular formula is C22H31N7O11. The molecule has 10 N–H and O–H groups in total. The first-order valence-corrected chi connectivity index (χ1v) is 12.1. The van der Waals surface area contributed by atoms with Gasteiger partial charge in [-0.3, -0.25) is 28.8 Å². The first kappa shape index (κ1) is 31.6. The number of aromatic amines is 1. The van der Waals surface area contributed by atoms with Crippen LogP contribution in [0.5, 0.6) is 0 Å². The molecular weight excluding hydrogens is 538 g/mol. The van der Waals surface area contributed by atoms with Crippen molar-refractivity contribution < 1.29 is 54.0 Å². The van der Waals surface area contributed by atoms with Crippen molar-refractivity contribution >= 4 is 41.5 Å². The van der Waals surface area contributed by atoms with E-state index in [2.05, 4.69) is 20.6 Å². The zero-order chi connectivity index (χ0) is 30.0. The number of hydrogen-bond acceptors (Lipinski definition) is 10. The van der Waals surface area contributed by atoms with E-state index >= 15 is 0 Å². The van der Waals surface area contributed by atoms with Crippen molar-refractivity contribution in [2.75, 3.05) is 13.2 Å². The lowest BCUT2D eigenvalue weighted by atomic mass is 10.1. The number of carboxylic acids is 3. The van der Waals surface area contributed by atoms with Gasteiger partial charge in [0, 0.05) is 24.9 Å². The van der Waals surface area contributed by atoms with Crippen LogP contribution in [-0.2, 0) is 40.0 Å². The highest BCUT2D eigenvalue weighted by Crippen LogP contribution is 2.20. The number of amides is 4. The molecule has 1 aromatic rings. The van der Waals surface area contributed by atoms with E-state index in [1.807, 2.05) is 5.32 Å². The fraction of sp³-hybridized carbons (Fsp3) is 0.545. The summed E-state index contributed by atoms with van der Waals surface area (Å²) < 4.78 is 0. The summed E-state index contributed by atoms with van der Waals surface area (Å²) in [6, 6.07) is -7.41. The maximum absolute atomic E-state index is 13.5. The standard InChI is InChI=1S/C22H31N7O11/c23-11(5-16(31)32)18(35)27-13(4-10-7-24-9-25-10)21(38)29-3-1-2-15(29)20(37)26-12(6-17(33)34)19(36)28-14(8-30)22(39)40/h7,9,11-15,30H,1-6,8,23H2,(H,24,25)(H,26,37)(H,27,35)(H,28,36)(H,31,32)(H,33,34)(H,39,40)/t11-,12-,13-,14-,15-/m0/s1. The lowest BCUT2D eigenvalue weighted by molar-refractivity contribution is -0.145. The van der Waals surface area contributed by atoms with Crippen LogP contribution in [-0.4, -0.2) is 120 Å². The smallest absolute Gasteiger partial charge is 0.328 e. The minimum Gasteiger partial charge on any atom is -0.481 e. The average Bonchev–Trinajstić information content (AvgIpc) is 3.57. The second-order valence-corrected chi connectivity index (χ2v) is 8.98. The van der Waals surface area contributed by atoms with Crippen LogP contribution in [0.25, 0.3) is 0 Å². The average molecular weight is 570 g/mol. The van der Waals surface area contributed by atoms with Gasteiger partial charge in [0.2, 0.25) is 23.6 Å². The molecule has 1 saturated heterocycles. The second kappa shape index (κ2) is 14.5. The fourth-order valence-electron chi connectivity index (χ4n) is 3.99. The Hall–Kier alpha value is -4.58. The lowest BCUT2D eigenvalue weighted by Crippen LogP contribution is -2.59. The number of imidazole rings is 1. The van der Waals surface area contributed by atoms with Gasteiger partial charge in [-0.1, -0.05) is 0 Å². The number of carbonyl (C=O) groups excluding carboxylic acids is 4. The molecule has 18 nitrogen and oxygen atoms in total. The molecule has 0 aromatic carbocycles. The summed E-state index contributed by atoms with van der Waals surface area (Å²) in [5.41, 5.74) is 6.05. The molecule has 0 radical (unpaired) electrons. The van der Waals surface area contributed by atoms with Gasteiger partial charge in [0.25, 0.3) is 0 Å². The molecule has 1 fully saturated rings. The number of H-pyrrole nitrogens is 1. The van der Waals surface area contributed by atoms with Gasteiger partial charge >= 0.3 is 17.9 Å². The van der Waals surface area contributed by atoms with Crippen molar-refractivity contribution in [3.05, 3.63) is 18.2 Å². The third-order valence-corrected chi connectivity index (χ3v) is 5.97. The number of aliphatic carboxylic acids is 3. The highest BCUT2D eigenvalue weighted by atomic mass is 16.4. The molecule has 1 aromatic heterocycles. The molecule has 0 unspecified atom stereocenters. The van der Waals surface area contributed by atoms with Gasteiger partial charge in [-0.2, -0.15) is 0 Å². The van der Waals surface area contributed by atoms with Crippen LogP contribution in [0.3, 0.4) is 0 Å². The third-order valence-electron chi connectivity index (χ3n) is 5.97. The van der Waals surface area contributed by atoms with E-state index in [0.29, 0.717) is 12.1 Å². The number of nitrogens with one attached hydrogen (secondary N) is 4. The number of aliphatic hydroxyl groups is 1. The van der Waals surface area contributed by atoms with Crippen LogP contribution < -0.4 is 21.7 Å². The largest absolute Gasteiger partial charge is 0.481 e. The first-order valence-electron chi connectivity index (χ1n) is 12.1. The number of aromatic nitrogens is 2. The van der Waals surface area contributed by atoms with Crippen molar-refractivity contribution in [3.63, 3.8) is 0 Å². The number of rotatable bonds is 15. The maximum atomic E-state index is 13.5. The van der Waals surface area contributed by atoms with Crippen molar-refractivity contribution in [3.8, 4) is 0 Å². The lowest BCUT2D eigenvalue weighted by Gasteiger charge is -2.30. The highest BCUT2D eigenvalue weighted by Gasteiger charge is 2.40. The molecule has 0 spiro atoms. The van der Waals surface area contributed by atoms with Gasteiger partial charge in [-0.15, -0.1) is 0 Å². The normalized spacial score (nSPS) is 17.6. The zero-order valence-electron chi connectivity index (χ0n) is 21.1. The predicted octanol–water partition coefficient (Wildman–Crippen LogP) is -4.25. The van der Waals surface area contributed by atoms with Gasteiger partial charge in [0.1, 0.15) is 24.2 Å². The number of nitrogens with two attached hydrogens (primary N) is 1. The summed E-state index contributed by atoms with van der Waals surface area (Å²) >= 11 is 0. The van der Waals surface area contributed by atoms with Gasteiger partial charge in [0.05, 0.1) is 31.8 Å². The van der Waals surface area contributed by atoms with Crippen LogP contribution in [0.1, 0.15) is 31.4 Å². The highest BCUT2D eigenvalue weighted by molar-refractivity contribution is 5.97. The Morgan fingerprint density at radius 3 is 2.17 bits per heavy atom. The molecule has 40 heavy (non-hydrogen) atoms. The first-order chi connectivity index (χ1) is 18.8. The molecule has 4 amide bonds. The minimum atomic E-state index is -1.75. The van der Waals surface area contributed by atoms with Crippen molar-refractivity contribution in [1.29, 1.82) is 0 Å². The summed E-state index contributed by atoms with van der Waals surface area (Å²) in [6.45, 7) is -0.923. The van der Waals surface area contributed by atoms with E-state index in [1.54, 1.807) is 0 Å². The second-order valence-electron chi connectivity index (χ2n) is 8.98. The van der Waals surface area contributed by atoms with E-state index in [9.17, 15) is 38.7 Å². The zero-order valence-corrected chi connectivity index (χ0v) is 21.1. The Balaban J connectivity index is 2.21. The monoisotopic (exact) mass is 569 g/mol. The number of likely N-dealkylation sites (tertiary alicyclic amines) is 1. The molecule has 1 aliphatic heterocycles. The topological polar surface area (TPSA) is 294 Å². The Kier molecular flexibility index (Phi) is 11.5. The quantitative estimate of drug-likeness (QED) is 0.0968.